The molecule has 12 rings (SSSR count). The zero-order valence-electron chi connectivity index (χ0n) is 43.2. The molecule has 1 aliphatic heterocycles. The molecule has 3 fully saturated rings. The largest absolute Gasteiger partial charge is 0.486 e. The van der Waals surface area contributed by atoms with Gasteiger partial charge in [0.2, 0.25) is 0 Å². The van der Waals surface area contributed by atoms with Crippen LogP contribution >= 0.6 is 0 Å². The van der Waals surface area contributed by atoms with E-state index < -0.39 is 0 Å². The summed E-state index contributed by atoms with van der Waals surface area (Å²) in [5.74, 6) is 6.36. The molecule has 0 amide bonds. The fraction of sp³-hybridized carbons (Fsp3) is 0.552. The Labute approximate surface area is 423 Å². The molecule has 0 spiro atoms. The number of hydrogen-bond acceptors (Lipinski definition) is 3. The molecule has 0 aromatic rings. The fourth-order valence-electron chi connectivity index (χ4n) is 17.3. The zero-order chi connectivity index (χ0) is 47.4. The van der Waals surface area contributed by atoms with Crippen molar-refractivity contribution in [2.75, 3.05) is 0 Å². The molecule has 0 radical (unpaired) electrons. The van der Waals surface area contributed by atoms with Crippen molar-refractivity contribution in [2.45, 2.75) is 173 Å². The maximum Gasteiger partial charge on any atom is 0.121 e. The first-order valence-electron chi connectivity index (χ1n) is 28.8. The summed E-state index contributed by atoms with van der Waals surface area (Å²) in [5.41, 5.74) is 11.2. The van der Waals surface area contributed by atoms with Crippen LogP contribution in [0.5, 0.6) is 0 Å². The van der Waals surface area contributed by atoms with Crippen LogP contribution in [0.3, 0.4) is 0 Å². The van der Waals surface area contributed by atoms with Crippen molar-refractivity contribution in [3.63, 3.8) is 0 Å². The van der Waals surface area contributed by atoms with Gasteiger partial charge in [-0.1, -0.05) is 131 Å². The molecule has 70 heavy (non-hydrogen) atoms. The highest BCUT2D eigenvalue weighted by atomic mass is 16.5. The molecule has 3 nitrogen and oxygen atoms in total. The van der Waals surface area contributed by atoms with Crippen molar-refractivity contribution < 1.29 is 4.74 Å². The fourth-order valence-corrected chi connectivity index (χ4v) is 17.3. The standard InChI is InChI=1S/C67H84N2O/c1-5-46-24-38-56(39-25-46)70-57-40-31-51(32-41-57)67(50-16-8-6-9-17-50)62-22-14-12-20-58(62)59-42-37-55(45-63(59)67)68(54-35-29-49(30-36-54)66(2,3)4)53-33-26-47(27-34-53)48-28-43-65-61(44-48)60-21-13-15-23-64(60)69(65)52-18-10-7-11-19-52/h5-6,8-9,13-16,18,22-27,31,33,38,40-41,44,49-51,53-56,58-60,62-63H,1,7,10-12,17,19-21,28-30,32,34-37,39,42-43,45H2,2-4H3. The third-order valence-corrected chi connectivity index (χ3v) is 20.5. The minimum absolute atomic E-state index is 0.0909. The van der Waals surface area contributed by atoms with Crippen LogP contribution < -0.4 is 0 Å². The summed E-state index contributed by atoms with van der Waals surface area (Å²) in [7, 11) is 0. The zero-order valence-corrected chi connectivity index (χ0v) is 43.2. The number of rotatable bonds is 10. The second-order valence-corrected chi connectivity index (χ2v) is 24.9. The van der Waals surface area contributed by atoms with Crippen molar-refractivity contribution in [2.24, 2.45) is 58.2 Å². The lowest BCUT2D eigenvalue weighted by atomic mass is 9.51. The van der Waals surface area contributed by atoms with Gasteiger partial charge in [0.15, 0.2) is 0 Å². The van der Waals surface area contributed by atoms with E-state index in [-0.39, 0.29) is 11.5 Å². The maximum absolute atomic E-state index is 6.69. The topological polar surface area (TPSA) is 15.7 Å². The molecule has 1 heterocycles. The molecule has 0 N–H and O–H groups in total. The average Bonchev–Trinajstić information content (AvgIpc) is 3.90. The van der Waals surface area contributed by atoms with E-state index in [1.54, 1.807) is 22.5 Å². The molecule has 12 aliphatic rings. The number of ether oxygens (including phenoxy) is 1. The van der Waals surface area contributed by atoms with E-state index in [1.165, 1.54) is 107 Å². The van der Waals surface area contributed by atoms with Crippen molar-refractivity contribution >= 4 is 0 Å². The van der Waals surface area contributed by atoms with Crippen LogP contribution in [0.4, 0.5) is 0 Å². The molecule has 0 saturated heterocycles. The Hall–Kier alpha value is -4.34. The first kappa shape index (κ1) is 46.7. The van der Waals surface area contributed by atoms with Gasteiger partial charge in [-0.15, -0.1) is 0 Å². The maximum atomic E-state index is 6.69. The minimum Gasteiger partial charge on any atom is -0.486 e. The normalized spacial score (nSPS) is 38.8. The Balaban J connectivity index is 0.842. The van der Waals surface area contributed by atoms with Gasteiger partial charge in [-0.25, -0.2) is 0 Å². The molecule has 368 valence electrons. The van der Waals surface area contributed by atoms with Crippen LogP contribution in [-0.4, -0.2) is 34.0 Å². The van der Waals surface area contributed by atoms with Crippen molar-refractivity contribution in [1.29, 1.82) is 0 Å². The lowest BCUT2D eigenvalue weighted by molar-refractivity contribution is -0.0340. The molecule has 11 atom stereocenters. The van der Waals surface area contributed by atoms with Gasteiger partial charge >= 0.3 is 0 Å². The highest BCUT2D eigenvalue weighted by Gasteiger charge is 2.65. The molecule has 11 unspecified atom stereocenters. The van der Waals surface area contributed by atoms with E-state index in [9.17, 15) is 0 Å². The summed E-state index contributed by atoms with van der Waals surface area (Å²) in [6.07, 6.45) is 76.9. The summed E-state index contributed by atoms with van der Waals surface area (Å²) < 4.78 is 6.69. The first-order valence-corrected chi connectivity index (χ1v) is 28.8. The SMILES string of the molecule is C=CC1=CCC(OC2=CCC(C3(C4C=CC=CC4)C4C=CCCC4C4CCC(N(C5C=CC(C6=CC7=C(CC6)N(C6=CCCCC6)C6=CC=CCC67)=CC5)C5CCC(C(C)(C)C)CC5)CC43)C=C2)C=C1. The Kier molecular flexibility index (Phi) is 13.1. The molecule has 0 aromatic carbocycles. The predicted octanol–water partition coefficient (Wildman–Crippen LogP) is 16.8. The van der Waals surface area contributed by atoms with E-state index in [0.717, 1.165) is 62.0 Å². The lowest BCUT2D eigenvalue weighted by Gasteiger charge is -2.55. The summed E-state index contributed by atoms with van der Waals surface area (Å²) in [5, 5.41) is 0. The third kappa shape index (κ3) is 8.48. The van der Waals surface area contributed by atoms with Crippen LogP contribution in [0, 0.1) is 58.2 Å². The Morgan fingerprint density at radius 2 is 1.59 bits per heavy atom. The average molecular weight is 933 g/mol. The number of hydrogen-bond donors (Lipinski definition) is 0. The van der Waals surface area contributed by atoms with E-state index in [4.69, 9.17) is 4.74 Å². The molecular weight excluding hydrogens is 849 g/mol. The molecular formula is C67H84N2O. The van der Waals surface area contributed by atoms with E-state index in [0.29, 0.717) is 53.1 Å². The van der Waals surface area contributed by atoms with Gasteiger partial charge in [0, 0.05) is 47.6 Å². The van der Waals surface area contributed by atoms with E-state index in [1.807, 2.05) is 6.08 Å². The van der Waals surface area contributed by atoms with Gasteiger partial charge < -0.3 is 9.64 Å². The Bertz CT molecular complexity index is 2480. The van der Waals surface area contributed by atoms with Crippen LogP contribution in [0.15, 0.2) is 179 Å². The number of nitrogens with zero attached hydrogens (tertiary/aromatic N) is 2. The number of fused-ring (bicyclic) bond motifs is 5. The highest BCUT2D eigenvalue weighted by Crippen LogP contribution is 2.70. The lowest BCUT2D eigenvalue weighted by Crippen LogP contribution is -2.55. The first-order chi connectivity index (χ1) is 34.3. The van der Waals surface area contributed by atoms with Crippen LogP contribution in [0.2, 0.25) is 0 Å². The molecule has 3 saturated carbocycles. The smallest absolute Gasteiger partial charge is 0.121 e. The second-order valence-electron chi connectivity index (χ2n) is 24.9. The Morgan fingerprint density at radius 1 is 0.714 bits per heavy atom. The molecule has 0 bridgehead atoms. The summed E-state index contributed by atoms with van der Waals surface area (Å²) in [4.78, 5) is 5.93. The summed E-state index contributed by atoms with van der Waals surface area (Å²) in [6.45, 7) is 11.5. The van der Waals surface area contributed by atoms with Gasteiger partial charge in [0.25, 0.3) is 0 Å². The van der Waals surface area contributed by atoms with E-state index in [2.05, 4.69) is 159 Å². The third-order valence-electron chi connectivity index (χ3n) is 20.5. The highest BCUT2D eigenvalue weighted by molar-refractivity contribution is 5.55. The van der Waals surface area contributed by atoms with Gasteiger partial charge in [-0.3, -0.25) is 4.90 Å². The number of allylic oxidation sites excluding steroid dienone is 23. The van der Waals surface area contributed by atoms with Crippen LogP contribution in [-0.2, 0) is 4.74 Å². The van der Waals surface area contributed by atoms with Crippen molar-refractivity contribution in [3.05, 3.63) is 179 Å². The van der Waals surface area contributed by atoms with Gasteiger partial charge in [-0.05, 0) is 221 Å². The van der Waals surface area contributed by atoms with Crippen LogP contribution in [0.1, 0.15) is 149 Å². The van der Waals surface area contributed by atoms with Crippen LogP contribution in [0.25, 0.3) is 0 Å². The van der Waals surface area contributed by atoms with Gasteiger partial charge in [-0.2, -0.15) is 0 Å². The quantitative estimate of drug-likeness (QED) is 0.203. The second kappa shape index (κ2) is 19.6. The van der Waals surface area contributed by atoms with Crippen molar-refractivity contribution in [1.82, 2.24) is 9.80 Å². The monoisotopic (exact) mass is 933 g/mol. The summed E-state index contributed by atoms with van der Waals surface area (Å²) >= 11 is 0. The molecule has 3 heteroatoms. The van der Waals surface area contributed by atoms with Crippen molar-refractivity contribution in [3.8, 4) is 0 Å². The van der Waals surface area contributed by atoms with Gasteiger partial charge in [0.05, 0.1) is 0 Å². The minimum atomic E-state index is 0.0909. The van der Waals surface area contributed by atoms with Gasteiger partial charge in [0.1, 0.15) is 11.9 Å². The Morgan fingerprint density at radius 3 is 2.33 bits per heavy atom. The predicted molar refractivity (Wildman–Crippen MR) is 292 cm³/mol. The van der Waals surface area contributed by atoms with E-state index >= 15 is 0 Å². The summed E-state index contributed by atoms with van der Waals surface area (Å²) in [6, 6.07) is 1.75. The molecule has 11 aliphatic carbocycles. The molecule has 0 aromatic heterocycles.